The molecule has 0 amide bonds. The standard InChI is InChI=1S/C14H8S/c1-4-5-6-7-8-9-10-14-11-12(2)15-13(14)3/h1,11H,2-3H3. The molecular weight excluding hydrogens is 200 g/mol. The van der Waals surface area contributed by atoms with Gasteiger partial charge in [0.15, 0.2) is 0 Å². The van der Waals surface area contributed by atoms with E-state index in [-0.39, 0.29) is 0 Å². The Morgan fingerprint density at radius 3 is 2.33 bits per heavy atom. The van der Waals surface area contributed by atoms with Crippen LogP contribution >= 0.6 is 11.3 Å². The number of hydrogen-bond acceptors (Lipinski definition) is 1. The molecule has 0 fully saturated rings. The van der Waals surface area contributed by atoms with E-state index in [9.17, 15) is 0 Å². The van der Waals surface area contributed by atoms with Gasteiger partial charge in [0.1, 0.15) is 0 Å². The summed E-state index contributed by atoms with van der Waals surface area (Å²) < 4.78 is 0. The SMILES string of the molecule is C#CC#CC#CC#Cc1cc(C)sc1C. The van der Waals surface area contributed by atoms with E-state index in [1.54, 1.807) is 11.3 Å². The van der Waals surface area contributed by atoms with Gasteiger partial charge in [-0.1, -0.05) is 5.92 Å². The van der Waals surface area contributed by atoms with Crippen molar-refractivity contribution in [2.75, 3.05) is 0 Å². The van der Waals surface area contributed by atoms with Crippen LogP contribution in [0.15, 0.2) is 6.07 Å². The fraction of sp³-hybridized carbons (Fsp3) is 0.143. The van der Waals surface area contributed by atoms with Crippen LogP contribution in [0.2, 0.25) is 0 Å². The van der Waals surface area contributed by atoms with E-state index in [2.05, 4.69) is 54.4 Å². The lowest BCUT2D eigenvalue weighted by molar-refractivity contribution is 1.56. The number of thiophene rings is 1. The number of aryl methyl sites for hydroxylation is 2. The van der Waals surface area contributed by atoms with Crippen LogP contribution in [-0.4, -0.2) is 0 Å². The monoisotopic (exact) mass is 208 g/mol. The molecular formula is C14H8S. The van der Waals surface area contributed by atoms with Crippen molar-refractivity contribution in [2.24, 2.45) is 0 Å². The van der Waals surface area contributed by atoms with Crippen LogP contribution in [-0.2, 0) is 0 Å². The lowest BCUT2D eigenvalue weighted by Crippen LogP contribution is -1.69. The van der Waals surface area contributed by atoms with Gasteiger partial charge in [-0.2, -0.15) is 0 Å². The average Bonchev–Trinajstić information content (AvgIpc) is 2.51. The van der Waals surface area contributed by atoms with Gasteiger partial charge in [-0.3, -0.25) is 0 Å². The summed E-state index contributed by atoms with van der Waals surface area (Å²) in [5.74, 6) is 18.0. The molecule has 1 heteroatoms. The molecule has 0 saturated carbocycles. The fourth-order valence-electron chi connectivity index (χ4n) is 0.983. The summed E-state index contributed by atoms with van der Waals surface area (Å²) in [4.78, 5) is 2.48. The van der Waals surface area contributed by atoms with E-state index in [0.717, 1.165) is 5.56 Å². The lowest BCUT2D eigenvalue weighted by atomic mass is 10.2. The molecule has 1 rings (SSSR count). The van der Waals surface area contributed by atoms with E-state index >= 15 is 0 Å². The van der Waals surface area contributed by atoms with Gasteiger partial charge >= 0.3 is 0 Å². The average molecular weight is 208 g/mol. The third-order valence-electron chi connectivity index (χ3n) is 1.56. The van der Waals surface area contributed by atoms with Gasteiger partial charge in [0.25, 0.3) is 0 Å². The van der Waals surface area contributed by atoms with E-state index < -0.39 is 0 Å². The molecule has 0 aromatic carbocycles. The molecule has 15 heavy (non-hydrogen) atoms. The molecule has 0 aliphatic carbocycles. The van der Waals surface area contributed by atoms with Crippen molar-refractivity contribution >= 4 is 11.3 Å². The Morgan fingerprint density at radius 2 is 1.73 bits per heavy atom. The Hall–Kier alpha value is -2.06. The quantitative estimate of drug-likeness (QED) is 0.574. The zero-order chi connectivity index (χ0) is 11.1. The second kappa shape index (κ2) is 5.62. The molecule has 0 aliphatic heterocycles. The molecule has 1 aromatic heterocycles. The van der Waals surface area contributed by atoms with Crippen molar-refractivity contribution < 1.29 is 0 Å². The summed E-state index contributed by atoms with van der Waals surface area (Å²) in [7, 11) is 0. The van der Waals surface area contributed by atoms with Crippen molar-refractivity contribution in [3.05, 3.63) is 21.4 Å². The Bertz CT molecular complexity index is 575. The van der Waals surface area contributed by atoms with Crippen molar-refractivity contribution in [1.29, 1.82) is 0 Å². The predicted octanol–water partition coefficient (Wildman–Crippen LogP) is 2.36. The van der Waals surface area contributed by atoms with Crippen LogP contribution in [0.3, 0.4) is 0 Å². The summed E-state index contributed by atoms with van der Waals surface area (Å²) in [6.45, 7) is 4.11. The molecule has 0 saturated heterocycles. The highest BCUT2D eigenvalue weighted by atomic mass is 32.1. The molecule has 70 valence electrons. The summed E-state index contributed by atoms with van der Waals surface area (Å²) in [5.41, 5.74) is 1.04. The second-order valence-electron chi connectivity index (χ2n) is 2.72. The summed E-state index contributed by atoms with van der Waals surface area (Å²) in [5, 5.41) is 0. The maximum Gasteiger partial charge on any atom is 0.0394 e. The van der Waals surface area contributed by atoms with Crippen LogP contribution in [0.5, 0.6) is 0 Å². The molecule has 0 nitrogen and oxygen atoms in total. The minimum atomic E-state index is 1.04. The highest BCUT2D eigenvalue weighted by Gasteiger charge is 1.97. The zero-order valence-electron chi connectivity index (χ0n) is 8.56. The van der Waals surface area contributed by atoms with Gasteiger partial charge in [-0.05, 0) is 55.4 Å². The third-order valence-corrected chi connectivity index (χ3v) is 2.53. The molecule has 0 spiro atoms. The molecule has 1 heterocycles. The minimum absolute atomic E-state index is 1.04. The van der Waals surface area contributed by atoms with Gasteiger partial charge in [0, 0.05) is 15.3 Å². The Balaban J connectivity index is 2.78. The van der Waals surface area contributed by atoms with E-state index in [4.69, 9.17) is 6.42 Å². The van der Waals surface area contributed by atoms with Gasteiger partial charge in [0.05, 0.1) is 0 Å². The van der Waals surface area contributed by atoms with E-state index in [1.165, 1.54) is 9.75 Å². The first-order valence-electron chi connectivity index (χ1n) is 4.27. The largest absolute Gasteiger partial charge is 0.145 e. The molecule has 0 radical (unpaired) electrons. The topological polar surface area (TPSA) is 0 Å². The summed E-state index contributed by atoms with van der Waals surface area (Å²) in [6.07, 6.45) is 4.93. The van der Waals surface area contributed by atoms with Gasteiger partial charge in [-0.25, -0.2) is 0 Å². The maximum atomic E-state index is 4.93. The smallest absolute Gasteiger partial charge is 0.0394 e. The first-order chi connectivity index (χ1) is 7.24. The van der Waals surface area contributed by atoms with Crippen molar-refractivity contribution in [2.45, 2.75) is 13.8 Å². The van der Waals surface area contributed by atoms with Gasteiger partial charge < -0.3 is 0 Å². The van der Waals surface area contributed by atoms with Crippen LogP contribution in [0.25, 0.3) is 0 Å². The third kappa shape index (κ3) is 3.67. The normalized spacial score (nSPS) is 7.00. The van der Waals surface area contributed by atoms with Crippen molar-refractivity contribution in [3.63, 3.8) is 0 Å². The van der Waals surface area contributed by atoms with Crippen LogP contribution < -0.4 is 0 Å². The lowest BCUT2D eigenvalue weighted by Gasteiger charge is -1.80. The van der Waals surface area contributed by atoms with E-state index in [0.29, 0.717) is 0 Å². The first kappa shape index (κ1) is 11.0. The molecule has 0 N–H and O–H groups in total. The maximum absolute atomic E-state index is 4.93. The highest BCUT2D eigenvalue weighted by Crippen LogP contribution is 2.19. The van der Waals surface area contributed by atoms with E-state index in [1.807, 2.05) is 6.92 Å². The Kier molecular flexibility index (Phi) is 4.13. The minimum Gasteiger partial charge on any atom is -0.145 e. The number of terminal acetylenes is 1. The summed E-state index contributed by atoms with van der Waals surface area (Å²) >= 11 is 1.74. The second-order valence-corrected chi connectivity index (χ2v) is 4.18. The molecule has 0 aliphatic rings. The Labute approximate surface area is 94.7 Å². The fourth-order valence-corrected chi connectivity index (χ4v) is 1.86. The summed E-state index contributed by atoms with van der Waals surface area (Å²) in [6, 6.07) is 2.06. The van der Waals surface area contributed by atoms with Crippen LogP contribution in [0, 0.1) is 61.7 Å². The number of rotatable bonds is 0. The predicted molar refractivity (Wildman–Crippen MR) is 65.1 cm³/mol. The molecule has 0 bridgehead atoms. The highest BCUT2D eigenvalue weighted by molar-refractivity contribution is 7.12. The molecule has 0 atom stereocenters. The number of hydrogen-bond donors (Lipinski definition) is 0. The van der Waals surface area contributed by atoms with Gasteiger partial charge in [0.2, 0.25) is 0 Å². The Morgan fingerprint density at radius 1 is 1.07 bits per heavy atom. The van der Waals surface area contributed by atoms with Crippen LogP contribution in [0.1, 0.15) is 15.3 Å². The molecule has 1 aromatic rings. The van der Waals surface area contributed by atoms with Crippen molar-refractivity contribution in [1.82, 2.24) is 0 Å². The van der Waals surface area contributed by atoms with Crippen molar-refractivity contribution in [3.8, 4) is 47.9 Å². The molecule has 0 unspecified atom stereocenters. The first-order valence-corrected chi connectivity index (χ1v) is 5.09. The van der Waals surface area contributed by atoms with Gasteiger partial charge in [-0.15, -0.1) is 17.8 Å². The van der Waals surface area contributed by atoms with Crippen LogP contribution in [0.4, 0.5) is 0 Å². The zero-order valence-corrected chi connectivity index (χ0v) is 9.38.